The van der Waals surface area contributed by atoms with Crippen molar-refractivity contribution >= 4 is 15.8 Å². The molecule has 3 aromatic carbocycles. The molecule has 0 unspecified atom stereocenters. The van der Waals surface area contributed by atoms with Crippen molar-refractivity contribution < 1.29 is 35.9 Å². The molecule has 33 heavy (non-hydrogen) atoms. The van der Waals surface area contributed by atoms with Crippen molar-refractivity contribution in [3.05, 3.63) is 88.7 Å². The lowest BCUT2D eigenvalue weighted by Crippen LogP contribution is -2.12. The predicted molar refractivity (Wildman–Crippen MR) is 113 cm³/mol. The fourth-order valence-corrected chi connectivity index (χ4v) is 5.48. The van der Waals surface area contributed by atoms with E-state index in [1.807, 2.05) is 0 Å². The van der Waals surface area contributed by atoms with Gasteiger partial charge in [-0.3, -0.25) is 0 Å². The number of aromatic carboxylic acids is 1. The summed E-state index contributed by atoms with van der Waals surface area (Å²) in [5.41, 5.74) is -0.580. The molecule has 1 fully saturated rings. The number of sulfone groups is 1. The van der Waals surface area contributed by atoms with Gasteiger partial charge in [0.05, 0.1) is 21.8 Å². The molecular weight excluding hydrogens is 460 g/mol. The minimum atomic E-state index is -4.71. The number of carboxylic acids is 1. The molecular formula is C24H18F4O4S. The maximum absolute atomic E-state index is 13.8. The fraction of sp³-hybridized carbons (Fsp3) is 0.208. The zero-order valence-electron chi connectivity index (χ0n) is 17.1. The summed E-state index contributed by atoms with van der Waals surface area (Å²) in [6.45, 7) is 0. The Labute approximate surface area is 187 Å². The van der Waals surface area contributed by atoms with Crippen molar-refractivity contribution in [1.82, 2.24) is 0 Å². The molecule has 1 aliphatic rings. The van der Waals surface area contributed by atoms with E-state index in [-0.39, 0.29) is 33.1 Å². The van der Waals surface area contributed by atoms with E-state index in [2.05, 4.69) is 0 Å². The van der Waals surface area contributed by atoms with Gasteiger partial charge < -0.3 is 5.11 Å². The highest BCUT2D eigenvalue weighted by atomic mass is 32.2. The minimum Gasteiger partial charge on any atom is -0.478 e. The Balaban J connectivity index is 1.85. The highest BCUT2D eigenvalue weighted by Crippen LogP contribution is 2.44. The lowest BCUT2D eigenvalue weighted by atomic mass is 9.98. The van der Waals surface area contributed by atoms with E-state index in [4.69, 9.17) is 0 Å². The van der Waals surface area contributed by atoms with Crippen LogP contribution in [0.1, 0.15) is 45.8 Å². The number of carboxylic acid groups (broad SMARTS) is 1. The molecule has 1 N–H and O–H groups in total. The first-order valence-corrected chi connectivity index (χ1v) is 11.7. The number of halogens is 4. The SMILES string of the molecule is O=C(O)c1ccc(C2CC2)c(S(=O)(=O)Cc2cc(C(F)(F)F)ccc2-c2cccc(F)c2)c1. The van der Waals surface area contributed by atoms with Crippen LogP contribution in [0.25, 0.3) is 11.1 Å². The van der Waals surface area contributed by atoms with Gasteiger partial charge in [-0.2, -0.15) is 13.2 Å². The molecule has 1 aliphatic carbocycles. The second-order valence-corrected chi connectivity index (χ2v) is 9.93. The van der Waals surface area contributed by atoms with E-state index < -0.39 is 39.1 Å². The highest BCUT2D eigenvalue weighted by Gasteiger charge is 2.34. The first-order valence-electron chi connectivity index (χ1n) is 10.0. The van der Waals surface area contributed by atoms with Gasteiger partial charge in [-0.25, -0.2) is 17.6 Å². The first kappa shape index (κ1) is 23.0. The van der Waals surface area contributed by atoms with Crippen LogP contribution >= 0.6 is 0 Å². The van der Waals surface area contributed by atoms with E-state index >= 15 is 0 Å². The van der Waals surface area contributed by atoms with Crippen molar-refractivity contribution in [2.24, 2.45) is 0 Å². The van der Waals surface area contributed by atoms with Crippen LogP contribution in [-0.2, 0) is 21.8 Å². The lowest BCUT2D eigenvalue weighted by Gasteiger charge is -2.16. The molecule has 0 aromatic heterocycles. The number of benzene rings is 3. The maximum Gasteiger partial charge on any atom is 0.416 e. The summed E-state index contributed by atoms with van der Waals surface area (Å²) in [6, 6.07) is 11.6. The van der Waals surface area contributed by atoms with Crippen molar-refractivity contribution in [2.45, 2.75) is 35.6 Å². The molecule has 0 amide bonds. The molecule has 0 spiro atoms. The third-order valence-corrected chi connectivity index (χ3v) is 7.24. The normalized spacial score (nSPS) is 14.3. The number of carbonyl (C=O) groups is 1. The van der Waals surface area contributed by atoms with Gasteiger partial charge in [0.2, 0.25) is 0 Å². The zero-order chi connectivity index (χ0) is 24.0. The number of hydrogen-bond acceptors (Lipinski definition) is 3. The van der Waals surface area contributed by atoms with Gasteiger partial charge in [0.1, 0.15) is 5.82 Å². The van der Waals surface area contributed by atoms with Crippen LogP contribution in [-0.4, -0.2) is 19.5 Å². The minimum absolute atomic E-state index is 0.0400. The number of hydrogen-bond donors (Lipinski definition) is 1. The second kappa shape index (κ2) is 8.30. The molecule has 3 aromatic rings. The van der Waals surface area contributed by atoms with Gasteiger partial charge in [-0.15, -0.1) is 0 Å². The van der Waals surface area contributed by atoms with Crippen LogP contribution in [0.2, 0.25) is 0 Å². The van der Waals surface area contributed by atoms with E-state index in [1.54, 1.807) is 0 Å². The van der Waals surface area contributed by atoms with Gasteiger partial charge in [0, 0.05) is 0 Å². The van der Waals surface area contributed by atoms with Crippen LogP contribution in [0, 0.1) is 5.82 Å². The zero-order valence-corrected chi connectivity index (χ0v) is 17.9. The Morgan fingerprint density at radius 1 is 1.00 bits per heavy atom. The molecule has 0 saturated heterocycles. The van der Waals surface area contributed by atoms with Gasteiger partial charge in [0.15, 0.2) is 9.84 Å². The fourth-order valence-electron chi connectivity index (χ4n) is 3.78. The van der Waals surface area contributed by atoms with E-state index in [9.17, 15) is 35.9 Å². The summed E-state index contributed by atoms with van der Waals surface area (Å²) < 4.78 is 80.7. The molecule has 0 aliphatic heterocycles. The lowest BCUT2D eigenvalue weighted by molar-refractivity contribution is -0.137. The molecule has 0 radical (unpaired) electrons. The van der Waals surface area contributed by atoms with Crippen LogP contribution in [0.4, 0.5) is 17.6 Å². The van der Waals surface area contributed by atoms with Gasteiger partial charge in [-0.05, 0) is 77.4 Å². The molecule has 0 heterocycles. The Morgan fingerprint density at radius 2 is 1.73 bits per heavy atom. The summed E-state index contributed by atoms with van der Waals surface area (Å²) in [6.07, 6.45) is -3.22. The predicted octanol–water partition coefficient (Wildman–Crippen LogP) is 6.06. The van der Waals surface area contributed by atoms with E-state index in [0.717, 1.165) is 43.2 Å². The molecule has 172 valence electrons. The van der Waals surface area contributed by atoms with Crippen LogP contribution in [0.15, 0.2) is 65.6 Å². The largest absolute Gasteiger partial charge is 0.478 e. The molecule has 1 saturated carbocycles. The Morgan fingerprint density at radius 3 is 2.33 bits per heavy atom. The first-order chi connectivity index (χ1) is 15.5. The van der Waals surface area contributed by atoms with Crippen molar-refractivity contribution in [2.75, 3.05) is 0 Å². The standard InChI is InChI=1S/C24H18F4O4S/c25-19-3-1-2-15(11-19)20-9-7-18(24(26,27)28)10-17(20)13-33(31,32)22-12-16(23(29)30)6-8-21(22)14-4-5-14/h1-3,6-12,14H,4-5,13H2,(H,29,30). The third-order valence-electron chi connectivity index (χ3n) is 5.53. The quantitative estimate of drug-likeness (QED) is 0.437. The summed E-state index contributed by atoms with van der Waals surface area (Å²) in [5, 5.41) is 9.30. The van der Waals surface area contributed by atoms with Crippen LogP contribution < -0.4 is 0 Å². The Bertz CT molecular complexity index is 1340. The average Bonchev–Trinajstić information content (AvgIpc) is 3.57. The summed E-state index contributed by atoms with van der Waals surface area (Å²) >= 11 is 0. The summed E-state index contributed by atoms with van der Waals surface area (Å²) in [7, 11) is -4.23. The molecule has 4 rings (SSSR count). The average molecular weight is 478 g/mol. The molecule has 9 heteroatoms. The highest BCUT2D eigenvalue weighted by molar-refractivity contribution is 7.90. The van der Waals surface area contributed by atoms with Crippen LogP contribution in [0.5, 0.6) is 0 Å². The number of rotatable bonds is 6. The maximum atomic E-state index is 13.8. The third kappa shape index (κ3) is 4.93. The topological polar surface area (TPSA) is 71.4 Å². The second-order valence-electron chi connectivity index (χ2n) is 7.97. The number of alkyl halides is 3. The van der Waals surface area contributed by atoms with Gasteiger partial charge in [-0.1, -0.05) is 24.3 Å². The van der Waals surface area contributed by atoms with Gasteiger partial charge >= 0.3 is 12.1 Å². The molecule has 0 atom stereocenters. The van der Waals surface area contributed by atoms with Crippen molar-refractivity contribution in [1.29, 1.82) is 0 Å². The van der Waals surface area contributed by atoms with Gasteiger partial charge in [0.25, 0.3) is 0 Å². The molecule has 4 nitrogen and oxygen atoms in total. The summed E-state index contributed by atoms with van der Waals surface area (Å²) in [5.74, 6) is -2.77. The monoisotopic (exact) mass is 478 g/mol. The smallest absolute Gasteiger partial charge is 0.416 e. The Kier molecular flexibility index (Phi) is 5.78. The van der Waals surface area contributed by atoms with Crippen LogP contribution in [0.3, 0.4) is 0 Å². The Hall–Kier alpha value is -3.20. The van der Waals surface area contributed by atoms with E-state index in [0.29, 0.717) is 5.56 Å². The van der Waals surface area contributed by atoms with Crippen molar-refractivity contribution in [3.63, 3.8) is 0 Å². The van der Waals surface area contributed by atoms with E-state index in [1.165, 1.54) is 30.3 Å². The summed E-state index contributed by atoms with van der Waals surface area (Å²) in [4.78, 5) is 11.2. The molecule has 0 bridgehead atoms. The van der Waals surface area contributed by atoms with Crippen molar-refractivity contribution in [3.8, 4) is 11.1 Å².